The first kappa shape index (κ1) is 15.8. The fourth-order valence-corrected chi connectivity index (χ4v) is 2.40. The van der Waals surface area contributed by atoms with Gasteiger partial charge >= 0.3 is 6.18 Å². The number of benzene rings is 2. The van der Waals surface area contributed by atoms with Crippen LogP contribution in [0.3, 0.4) is 0 Å². The number of carbonyl (C=O) groups excluding carboxylic acids is 1. The Kier molecular flexibility index (Phi) is 4.55. The van der Waals surface area contributed by atoms with Gasteiger partial charge in [-0.05, 0) is 59.3 Å². The van der Waals surface area contributed by atoms with Gasteiger partial charge in [-0.3, -0.25) is 4.79 Å². The number of anilines is 1. The maximum absolute atomic E-state index is 12.7. The summed E-state index contributed by atoms with van der Waals surface area (Å²) in [5.41, 5.74) is 0.373. The normalized spacial score (nSPS) is 11.3. The van der Waals surface area contributed by atoms with E-state index in [2.05, 4.69) is 5.32 Å². The monoisotopic (exact) mass is 405 g/mol. The summed E-state index contributed by atoms with van der Waals surface area (Å²) in [7, 11) is 0. The van der Waals surface area contributed by atoms with Crippen molar-refractivity contribution in [3.05, 3.63) is 62.7 Å². The minimum Gasteiger partial charge on any atom is -0.322 e. The van der Waals surface area contributed by atoms with E-state index < -0.39 is 17.6 Å². The largest absolute Gasteiger partial charge is 0.416 e. The van der Waals surface area contributed by atoms with Crippen molar-refractivity contribution < 1.29 is 18.0 Å². The number of amides is 1. The lowest BCUT2D eigenvalue weighted by atomic mass is 10.1. The van der Waals surface area contributed by atoms with Crippen LogP contribution in [0.5, 0.6) is 0 Å². The van der Waals surface area contributed by atoms with Gasteiger partial charge in [0.25, 0.3) is 5.91 Å². The van der Waals surface area contributed by atoms with Gasteiger partial charge in [-0.2, -0.15) is 13.2 Å². The lowest BCUT2D eigenvalue weighted by molar-refractivity contribution is -0.137. The number of rotatable bonds is 2. The van der Waals surface area contributed by atoms with Crippen molar-refractivity contribution in [3.8, 4) is 0 Å². The van der Waals surface area contributed by atoms with Crippen molar-refractivity contribution in [2.45, 2.75) is 13.1 Å². The van der Waals surface area contributed by atoms with Gasteiger partial charge in [0.05, 0.1) is 11.1 Å². The van der Waals surface area contributed by atoms with E-state index in [9.17, 15) is 18.0 Å². The highest BCUT2D eigenvalue weighted by molar-refractivity contribution is 14.1. The van der Waals surface area contributed by atoms with E-state index in [1.807, 2.05) is 22.6 Å². The summed E-state index contributed by atoms with van der Waals surface area (Å²) in [5, 5.41) is 2.54. The molecule has 0 unspecified atom stereocenters. The first-order chi connectivity index (χ1) is 9.79. The van der Waals surface area contributed by atoms with Gasteiger partial charge in [0.1, 0.15) is 0 Å². The summed E-state index contributed by atoms with van der Waals surface area (Å²) in [5.74, 6) is -0.428. The number of aryl methyl sites for hydroxylation is 1. The van der Waals surface area contributed by atoms with Crippen LogP contribution >= 0.6 is 22.6 Å². The summed E-state index contributed by atoms with van der Waals surface area (Å²) < 4.78 is 38.9. The SMILES string of the molecule is Cc1ccc(C(F)(F)F)cc1NC(=O)c1ccccc1I. The summed E-state index contributed by atoms with van der Waals surface area (Å²) >= 11 is 2.01. The van der Waals surface area contributed by atoms with Gasteiger partial charge in [-0.15, -0.1) is 0 Å². The third-order valence-electron chi connectivity index (χ3n) is 2.93. The average molecular weight is 405 g/mol. The number of hydrogen-bond acceptors (Lipinski definition) is 1. The molecule has 0 aromatic heterocycles. The molecular weight excluding hydrogens is 394 g/mol. The van der Waals surface area contributed by atoms with E-state index in [1.54, 1.807) is 31.2 Å². The summed E-state index contributed by atoms with van der Waals surface area (Å²) in [6.07, 6.45) is -4.44. The zero-order chi connectivity index (χ0) is 15.6. The van der Waals surface area contributed by atoms with E-state index in [-0.39, 0.29) is 5.69 Å². The smallest absolute Gasteiger partial charge is 0.322 e. The first-order valence-electron chi connectivity index (χ1n) is 6.03. The summed E-state index contributed by atoms with van der Waals surface area (Å²) in [6.45, 7) is 1.64. The predicted octanol–water partition coefficient (Wildman–Crippen LogP) is 4.87. The second kappa shape index (κ2) is 6.05. The highest BCUT2D eigenvalue weighted by Crippen LogP contribution is 2.32. The molecule has 0 spiro atoms. The second-order valence-electron chi connectivity index (χ2n) is 4.46. The van der Waals surface area contributed by atoms with E-state index in [4.69, 9.17) is 0 Å². The number of halogens is 4. The quantitative estimate of drug-likeness (QED) is 0.710. The van der Waals surface area contributed by atoms with Crippen LogP contribution in [0.4, 0.5) is 18.9 Å². The van der Waals surface area contributed by atoms with Gasteiger partial charge in [-0.1, -0.05) is 18.2 Å². The molecule has 0 aliphatic carbocycles. The minimum absolute atomic E-state index is 0.162. The molecule has 0 atom stereocenters. The molecule has 0 heterocycles. The number of hydrogen-bond donors (Lipinski definition) is 1. The Balaban J connectivity index is 2.31. The van der Waals surface area contributed by atoms with Gasteiger partial charge < -0.3 is 5.32 Å². The predicted molar refractivity (Wildman–Crippen MR) is 83.3 cm³/mol. The Hall–Kier alpha value is -1.57. The third kappa shape index (κ3) is 3.75. The Morgan fingerprint density at radius 1 is 1.14 bits per heavy atom. The minimum atomic E-state index is -4.44. The van der Waals surface area contributed by atoms with Crippen molar-refractivity contribution in [3.63, 3.8) is 0 Å². The van der Waals surface area contributed by atoms with Crippen molar-refractivity contribution in [1.29, 1.82) is 0 Å². The third-order valence-corrected chi connectivity index (χ3v) is 3.87. The summed E-state index contributed by atoms with van der Waals surface area (Å²) in [6, 6.07) is 10.2. The van der Waals surface area contributed by atoms with Gasteiger partial charge in [0.2, 0.25) is 0 Å². The molecule has 0 saturated carbocycles. The topological polar surface area (TPSA) is 29.1 Å². The molecule has 0 fully saturated rings. The lowest BCUT2D eigenvalue weighted by Crippen LogP contribution is -2.15. The highest BCUT2D eigenvalue weighted by Gasteiger charge is 2.31. The molecule has 6 heteroatoms. The van der Waals surface area contributed by atoms with Crippen LogP contribution in [0, 0.1) is 10.5 Å². The van der Waals surface area contributed by atoms with Crippen LogP contribution in [0.15, 0.2) is 42.5 Å². The molecule has 0 aliphatic rings. The molecule has 21 heavy (non-hydrogen) atoms. The number of nitrogens with one attached hydrogen (secondary N) is 1. The zero-order valence-corrected chi connectivity index (χ0v) is 13.1. The van der Waals surface area contributed by atoms with E-state index in [1.165, 1.54) is 6.07 Å². The van der Waals surface area contributed by atoms with Crippen LogP contribution in [0.2, 0.25) is 0 Å². The molecule has 1 N–H and O–H groups in total. The number of carbonyl (C=O) groups is 1. The molecule has 2 aromatic rings. The van der Waals surface area contributed by atoms with Crippen LogP contribution in [0.1, 0.15) is 21.5 Å². The van der Waals surface area contributed by atoms with Crippen molar-refractivity contribution in [2.75, 3.05) is 5.32 Å². The maximum Gasteiger partial charge on any atom is 0.416 e. The Morgan fingerprint density at radius 3 is 2.43 bits per heavy atom. The molecule has 2 aromatic carbocycles. The molecule has 0 aliphatic heterocycles. The molecule has 110 valence electrons. The fourth-order valence-electron chi connectivity index (χ4n) is 1.77. The van der Waals surface area contributed by atoms with Crippen LogP contribution in [-0.4, -0.2) is 5.91 Å². The molecule has 2 nitrogen and oxygen atoms in total. The van der Waals surface area contributed by atoms with E-state index >= 15 is 0 Å². The van der Waals surface area contributed by atoms with Crippen molar-refractivity contribution >= 4 is 34.2 Å². The van der Waals surface area contributed by atoms with Gasteiger partial charge in [0.15, 0.2) is 0 Å². The van der Waals surface area contributed by atoms with Gasteiger partial charge in [0, 0.05) is 9.26 Å². The van der Waals surface area contributed by atoms with Crippen LogP contribution < -0.4 is 5.32 Å². The van der Waals surface area contributed by atoms with Crippen LogP contribution in [0.25, 0.3) is 0 Å². The molecule has 0 radical (unpaired) electrons. The highest BCUT2D eigenvalue weighted by atomic mass is 127. The zero-order valence-electron chi connectivity index (χ0n) is 11.0. The number of alkyl halides is 3. The molecule has 0 saturated heterocycles. The Morgan fingerprint density at radius 2 is 1.81 bits per heavy atom. The van der Waals surface area contributed by atoms with Crippen molar-refractivity contribution in [1.82, 2.24) is 0 Å². The first-order valence-corrected chi connectivity index (χ1v) is 7.10. The van der Waals surface area contributed by atoms with E-state index in [0.29, 0.717) is 11.1 Å². The summed E-state index contributed by atoms with van der Waals surface area (Å²) in [4.78, 5) is 12.2. The average Bonchev–Trinajstić information content (AvgIpc) is 2.40. The Bertz CT molecular complexity index is 683. The van der Waals surface area contributed by atoms with E-state index in [0.717, 1.165) is 15.7 Å². The van der Waals surface area contributed by atoms with Crippen molar-refractivity contribution in [2.24, 2.45) is 0 Å². The second-order valence-corrected chi connectivity index (χ2v) is 5.62. The maximum atomic E-state index is 12.7. The standard InChI is InChI=1S/C15H11F3INO/c1-9-6-7-10(15(16,17)18)8-13(9)20-14(21)11-4-2-3-5-12(11)19/h2-8H,1H3,(H,20,21). The molecule has 0 bridgehead atoms. The fraction of sp³-hybridized carbons (Fsp3) is 0.133. The van der Waals surface area contributed by atoms with Crippen LogP contribution in [-0.2, 0) is 6.18 Å². The van der Waals surface area contributed by atoms with Gasteiger partial charge in [-0.25, -0.2) is 0 Å². The molecular formula is C15H11F3INO. The Labute approximate surface area is 133 Å². The molecule has 1 amide bonds. The lowest BCUT2D eigenvalue weighted by Gasteiger charge is -2.13. The molecule has 2 rings (SSSR count).